The molecule has 1 aliphatic rings. The van der Waals surface area contributed by atoms with Gasteiger partial charge in [-0.1, -0.05) is 70.8 Å². The number of rotatable bonds is 5. The average Bonchev–Trinajstić information content (AvgIpc) is 3.29. The van der Waals surface area contributed by atoms with Crippen molar-refractivity contribution in [3.8, 4) is 0 Å². The molecule has 0 amide bonds. The van der Waals surface area contributed by atoms with Crippen LogP contribution < -0.4 is 15.2 Å². The number of hydrogen-bond acceptors (Lipinski definition) is 0. The Morgan fingerprint density at radius 3 is 1.87 bits per heavy atom. The standard InChI is InChI=1S/C27H32N2P/c1-19-12-20(2)15-24(14-19)30(25-16-21(3)13-22(4)17-25)27-9-7-8-26(27)23(5)29-11-10-28(6)18-29/h7,9-18,23H,8H2,1-6H3/q+1/t23-/m1/s1. The van der Waals surface area contributed by atoms with Crippen LogP contribution in [0.1, 0.15) is 41.6 Å². The largest absolute Gasteiger partial charge is 0.244 e. The van der Waals surface area contributed by atoms with Gasteiger partial charge in [0.25, 0.3) is 0 Å². The zero-order valence-electron chi connectivity index (χ0n) is 19.0. The van der Waals surface area contributed by atoms with E-state index in [-0.39, 0.29) is 0 Å². The number of imidazole rings is 1. The zero-order chi connectivity index (χ0) is 21.4. The molecule has 1 heterocycles. The number of allylic oxidation sites excluding steroid dienone is 4. The first-order valence-corrected chi connectivity index (χ1v) is 12.0. The van der Waals surface area contributed by atoms with Gasteiger partial charge >= 0.3 is 0 Å². The fourth-order valence-electron chi connectivity index (χ4n) is 4.58. The number of aromatic nitrogens is 2. The van der Waals surface area contributed by atoms with Crippen molar-refractivity contribution < 1.29 is 4.57 Å². The van der Waals surface area contributed by atoms with E-state index in [0.29, 0.717) is 6.04 Å². The van der Waals surface area contributed by atoms with Crippen LogP contribution in [0.15, 0.2) is 78.2 Å². The highest BCUT2D eigenvalue weighted by molar-refractivity contribution is 7.77. The highest BCUT2D eigenvalue weighted by Crippen LogP contribution is 2.50. The summed E-state index contributed by atoms with van der Waals surface area (Å²) in [7, 11) is 1.49. The van der Waals surface area contributed by atoms with Crippen molar-refractivity contribution in [3.63, 3.8) is 0 Å². The summed E-state index contributed by atoms with van der Waals surface area (Å²) in [5.74, 6) is 0. The first-order valence-electron chi connectivity index (χ1n) is 10.7. The second-order valence-corrected chi connectivity index (χ2v) is 10.9. The molecular formula is C27H32N2P+. The molecule has 0 bridgehead atoms. The van der Waals surface area contributed by atoms with Crippen LogP contribution in [-0.2, 0) is 7.05 Å². The van der Waals surface area contributed by atoms with Gasteiger partial charge in [0, 0.05) is 0 Å². The molecule has 0 spiro atoms. The molecule has 4 rings (SSSR count). The highest BCUT2D eigenvalue weighted by Gasteiger charge is 2.28. The van der Waals surface area contributed by atoms with E-state index in [4.69, 9.17) is 0 Å². The second kappa shape index (κ2) is 8.36. The molecule has 0 fully saturated rings. The van der Waals surface area contributed by atoms with Crippen LogP contribution in [-0.4, -0.2) is 4.57 Å². The summed E-state index contributed by atoms with van der Waals surface area (Å²) >= 11 is 0. The van der Waals surface area contributed by atoms with Gasteiger partial charge in [-0.15, -0.1) is 0 Å². The Morgan fingerprint density at radius 1 is 0.867 bits per heavy atom. The summed E-state index contributed by atoms with van der Waals surface area (Å²) in [4.78, 5) is 0. The second-order valence-electron chi connectivity index (χ2n) is 8.75. The van der Waals surface area contributed by atoms with Crippen molar-refractivity contribution in [3.05, 3.63) is 100 Å². The maximum absolute atomic E-state index is 2.40. The fourth-order valence-corrected chi connectivity index (χ4v) is 7.58. The molecule has 1 aliphatic carbocycles. The predicted molar refractivity (Wildman–Crippen MR) is 129 cm³/mol. The minimum Gasteiger partial charge on any atom is -0.240 e. The van der Waals surface area contributed by atoms with E-state index in [2.05, 4.69) is 118 Å². The minimum atomic E-state index is -0.599. The molecule has 3 heteroatoms. The van der Waals surface area contributed by atoms with E-state index in [1.807, 2.05) is 0 Å². The van der Waals surface area contributed by atoms with Crippen molar-refractivity contribution in [1.82, 2.24) is 4.57 Å². The summed E-state index contributed by atoms with van der Waals surface area (Å²) in [6.07, 6.45) is 12.3. The van der Waals surface area contributed by atoms with Gasteiger partial charge < -0.3 is 0 Å². The van der Waals surface area contributed by atoms with Crippen LogP contribution in [0, 0.1) is 27.7 Å². The molecule has 2 aromatic carbocycles. The topological polar surface area (TPSA) is 8.81 Å². The van der Waals surface area contributed by atoms with Crippen LogP contribution in [0.25, 0.3) is 0 Å². The summed E-state index contributed by atoms with van der Waals surface area (Å²) in [5, 5.41) is 4.43. The molecule has 1 atom stereocenters. The molecule has 1 aromatic heterocycles. The molecule has 3 aromatic rings. The molecule has 154 valence electrons. The molecule has 0 saturated heterocycles. The van der Waals surface area contributed by atoms with Crippen LogP contribution in [0.5, 0.6) is 0 Å². The quantitative estimate of drug-likeness (QED) is 0.387. The SMILES string of the molecule is Cc1cc(C)cc(P(C2=C([C@@H](C)n3cc[n+](C)c3)CC=C2)c2cc(C)cc(C)c2)c1. The predicted octanol–water partition coefficient (Wildman–Crippen LogP) is 5.45. The Labute approximate surface area is 182 Å². The van der Waals surface area contributed by atoms with Crippen LogP contribution in [0.2, 0.25) is 0 Å². The van der Waals surface area contributed by atoms with Crippen LogP contribution >= 0.6 is 7.92 Å². The van der Waals surface area contributed by atoms with E-state index >= 15 is 0 Å². The molecule has 2 nitrogen and oxygen atoms in total. The number of aryl methyl sites for hydroxylation is 5. The van der Waals surface area contributed by atoms with E-state index < -0.39 is 7.92 Å². The monoisotopic (exact) mass is 415 g/mol. The first-order chi connectivity index (χ1) is 14.3. The Morgan fingerprint density at radius 2 is 1.40 bits per heavy atom. The van der Waals surface area contributed by atoms with E-state index in [0.717, 1.165) is 6.42 Å². The Kier molecular flexibility index (Phi) is 5.80. The lowest BCUT2D eigenvalue weighted by atomic mass is 10.1. The maximum atomic E-state index is 2.40. The smallest absolute Gasteiger partial charge is 0.240 e. The number of hydrogen-bond donors (Lipinski definition) is 0. The molecule has 0 saturated carbocycles. The lowest BCUT2D eigenvalue weighted by Gasteiger charge is -2.24. The van der Waals surface area contributed by atoms with Crippen molar-refractivity contribution in [2.45, 2.75) is 47.1 Å². The first kappa shape index (κ1) is 20.8. The van der Waals surface area contributed by atoms with Crippen LogP contribution in [0.3, 0.4) is 0 Å². The normalized spacial score (nSPS) is 14.8. The number of nitrogens with zero attached hydrogens (tertiary/aromatic N) is 2. The minimum absolute atomic E-state index is 0.345. The summed E-state index contributed by atoms with van der Waals surface area (Å²) in [5.41, 5.74) is 6.91. The van der Waals surface area contributed by atoms with Gasteiger partial charge in [0.2, 0.25) is 6.33 Å². The number of benzene rings is 2. The maximum Gasteiger partial charge on any atom is 0.244 e. The van der Waals surface area contributed by atoms with Crippen molar-refractivity contribution in [1.29, 1.82) is 0 Å². The Bertz CT molecular complexity index is 1060. The third kappa shape index (κ3) is 4.20. The van der Waals surface area contributed by atoms with Gasteiger partial charge in [-0.05, 0) is 70.5 Å². The van der Waals surface area contributed by atoms with Gasteiger partial charge in [-0.2, -0.15) is 0 Å². The zero-order valence-corrected chi connectivity index (χ0v) is 19.9. The van der Waals surface area contributed by atoms with Gasteiger partial charge in [0.05, 0.1) is 7.05 Å². The third-order valence-electron chi connectivity index (χ3n) is 5.85. The third-order valence-corrected chi connectivity index (χ3v) is 8.32. The van der Waals surface area contributed by atoms with Crippen LogP contribution in [0.4, 0.5) is 0 Å². The van der Waals surface area contributed by atoms with E-state index in [9.17, 15) is 0 Å². The molecule has 0 radical (unpaired) electrons. The fraction of sp³-hybridized carbons (Fsp3) is 0.296. The van der Waals surface area contributed by atoms with Gasteiger partial charge in [0.1, 0.15) is 18.4 Å². The summed E-state index contributed by atoms with van der Waals surface area (Å²) in [6, 6.07) is 14.5. The van der Waals surface area contributed by atoms with E-state index in [1.165, 1.54) is 43.8 Å². The molecule has 30 heavy (non-hydrogen) atoms. The molecule has 0 N–H and O–H groups in total. The van der Waals surface area contributed by atoms with Crippen molar-refractivity contribution in [2.75, 3.05) is 0 Å². The summed E-state index contributed by atoms with van der Waals surface area (Å²) in [6.45, 7) is 11.2. The van der Waals surface area contributed by atoms with Gasteiger partial charge in [-0.3, -0.25) is 0 Å². The van der Waals surface area contributed by atoms with Gasteiger partial charge in [-0.25, -0.2) is 9.13 Å². The summed E-state index contributed by atoms with van der Waals surface area (Å²) < 4.78 is 4.45. The van der Waals surface area contributed by atoms with Crippen molar-refractivity contribution >= 4 is 18.5 Å². The highest BCUT2D eigenvalue weighted by atomic mass is 31.1. The Balaban J connectivity index is 1.91. The average molecular weight is 416 g/mol. The van der Waals surface area contributed by atoms with Gasteiger partial charge in [0.15, 0.2) is 0 Å². The van der Waals surface area contributed by atoms with Crippen molar-refractivity contribution in [2.24, 2.45) is 7.05 Å². The molecule has 0 unspecified atom stereocenters. The Hall–Kier alpha value is -2.44. The lowest BCUT2D eigenvalue weighted by Crippen LogP contribution is -2.24. The molecular weight excluding hydrogens is 383 g/mol. The molecule has 0 aliphatic heterocycles. The van der Waals surface area contributed by atoms with E-state index in [1.54, 1.807) is 0 Å². The lowest BCUT2D eigenvalue weighted by molar-refractivity contribution is -0.671.